The fourth-order valence-electron chi connectivity index (χ4n) is 1.72. The van der Waals surface area contributed by atoms with E-state index >= 15 is 0 Å². The maximum atomic E-state index is 13.1. The predicted molar refractivity (Wildman–Crippen MR) is 89.9 cm³/mol. The lowest BCUT2D eigenvalue weighted by Crippen LogP contribution is -2.22. The van der Waals surface area contributed by atoms with Gasteiger partial charge in [0.2, 0.25) is 5.91 Å². The van der Waals surface area contributed by atoms with Crippen LogP contribution in [0.25, 0.3) is 0 Å². The van der Waals surface area contributed by atoms with Crippen LogP contribution in [0.15, 0.2) is 46.9 Å². The van der Waals surface area contributed by atoms with Crippen molar-refractivity contribution in [2.45, 2.75) is 17.9 Å². The van der Waals surface area contributed by atoms with Crippen molar-refractivity contribution >= 4 is 39.3 Å². The van der Waals surface area contributed by atoms with Crippen LogP contribution in [0.1, 0.15) is 12.5 Å². The summed E-state index contributed by atoms with van der Waals surface area (Å²) >= 11 is 4.93. The van der Waals surface area contributed by atoms with Crippen molar-refractivity contribution in [2.24, 2.45) is 0 Å². The number of amides is 1. The van der Waals surface area contributed by atoms with E-state index in [9.17, 15) is 13.6 Å². The Kier molecular flexibility index (Phi) is 5.97. The summed E-state index contributed by atoms with van der Waals surface area (Å²) < 4.78 is 26.9. The molecule has 0 aromatic heterocycles. The summed E-state index contributed by atoms with van der Waals surface area (Å²) in [6, 6.07) is 11.1. The molecule has 116 valence electrons. The van der Waals surface area contributed by atoms with Gasteiger partial charge in [-0.05, 0) is 30.7 Å². The lowest BCUT2D eigenvalue weighted by atomic mass is 10.2. The number of thioether (sulfide) groups is 1. The smallest absolute Gasteiger partial charge is 0.237 e. The predicted octanol–water partition coefficient (Wildman–Crippen LogP) is 4.99. The lowest BCUT2D eigenvalue weighted by Gasteiger charge is -2.13. The van der Waals surface area contributed by atoms with Crippen molar-refractivity contribution in [3.05, 3.63) is 64.1 Å². The summed E-state index contributed by atoms with van der Waals surface area (Å²) in [6.45, 7) is 1.77. The van der Waals surface area contributed by atoms with E-state index in [1.165, 1.54) is 17.8 Å². The van der Waals surface area contributed by atoms with Crippen LogP contribution < -0.4 is 5.32 Å². The van der Waals surface area contributed by atoms with Gasteiger partial charge in [-0.25, -0.2) is 8.78 Å². The van der Waals surface area contributed by atoms with Gasteiger partial charge in [0.05, 0.1) is 5.25 Å². The molecule has 2 aromatic rings. The third-order valence-electron chi connectivity index (χ3n) is 3.00. The van der Waals surface area contributed by atoms with Crippen molar-refractivity contribution in [1.29, 1.82) is 0 Å². The molecule has 0 fully saturated rings. The second-order valence-corrected chi connectivity index (χ2v) is 6.85. The van der Waals surface area contributed by atoms with E-state index in [0.29, 0.717) is 5.75 Å². The van der Waals surface area contributed by atoms with Crippen LogP contribution in [-0.4, -0.2) is 11.2 Å². The fourth-order valence-corrected chi connectivity index (χ4v) is 3.23. The molecule has 2 nitrogen and oxygen atoms in total. The van der Waals surface area contributed by atoms with Crippen LogP contribution >= 0.6 is 27.7 Å². The average Bonchev–Trinajstić information content (AvgIpc) is 2.50. The Balaban J connectivity index is 1.92. The Bertz CT molecular complexity index is 681. The first-order valence-corrected chi connectivity index (χ1v) is 8.42. The Labute approximate surface area is 140 Å². The fraction of sp³-hybridized carbons (Fsp3) is 0.188. The third-order valence-corrected chi connectivity index (χ3v) is 4.97. The molecule has 0 heterocycles. The highest BCUT2D eigenvalue weighted by Gasteiger charge is 2.15. The molecule has 0 aliphatic rings. The second kappa shape index (κ2) is 7.74. The van der Waals surface area contributed by atoms with E-state index in [-0.39, 0.29) is 16.8 Å². The van der Waals surface area contributed by atoms with E-state index in [1.807, 2.05) is 24.3 Å². The van der Waals surface area contributed by atoms with Gasteiger partial charge in [0, 0.05) is 22.0 Å². The van der Waals surface area contributed by atoms with Gasteiger partial charge in [0.15, 0.2) is 11.6 Å². The van der Waals surface area contributed by atoms with Crippen LogP contribution in [0.3, 0.4) is 0 Å². The number of halogens is 3. The van der Waals surface area contributed by atoms with Gasteiger partial charge in [-0.2, -0.15) is 0 Å². The minimum Gasteiger partial charge on any atom is -0.325 e. The van der Waals surface area contributed by atoms with E-state index in [0.717, 1.165) is 22.2 Å². The molecule has 1 atom stereocenters. The zero-order valence-corrected chi connectivity index (χ0v) is 14.2. The largest absolute Gasteiger partial charge is 0.325 e. The number of rotatable bonds is 5. The minimum absolute atomic E-state index is 0.247. The number of carbonyl (C=O) groups excluding carboxylic acids is 1. The van der Waals surface area contributed by atoms with Gasteiger partial charge in [0.25, 0.3) is 0 Å². The van der Waals surface area contributed by atoms with Crippen molar-refractivity contribution in [3.8, 4) is 0 Å². The van der Waals surface area contributed by atoms with Crippen LogP contribution in [-0.2, 0) is 10.5 Å². The first-order valence-electron chi connectivity index (χ1n) is 6.58. The normalized spacial score (nSPS) is 12.0. The third kappa shape index (κ3) is 4.55. The molecule has 0 saturated carbocycles. The second-order valence-electron chi connectivity index (χ2n) is 4.66. The van der Waals surface area contributed by atoms with Gasteiger partial charge >= 0.3 is 0 Å². The van der Waals surface area contributed by atoms with Crippen molar-refractivity contribution in [2.75, 3.05) is 5.32 Å². The molecule has 0 saturated heterocycles. The molecule has 0 bridgehead atoms. The highest BCUT2D eigenvalue weighted by atomic mass is 79.9. The SMILES string of the molecule is CC(SCc1ccccc1Br)C(=O)Nc1ccc(F)c(F)c1. The van der Waals surface area contributed by atoms with Gasteiger partial charge in [0.1, 0.15) is 0 Å². The maximum absolute atomic E-state index is 13.1. The number of benzene rings is 2. The van der Waals surface area contributed by atoms with Crippen molar-refractivity contribution < 1.29 is 13.6 Å². The molecule has 6 heteroatoms. The Morgan fingerprint density at radius 3 is 2.64 bits per heavy atom. The Morgan fingerprint density at radius 1 is 1.23 bits per heavy atom. The van der Waals surface area contributed by atoms with Crippen molar-refractivity contribution in [3.63, 3.8) is 0 Å². The minimum atomic E-state index is -0.980. The molecule has 1 amide bonds. The number of carbonyl (C=O) groups is 1. The Morgan fingerprint density at radius 2 is 1.95 bits per heavy atom. The zero-order valence-electron chi connectivity index (χ0n) is 11.8. The molecule has 1 unspecified atom stereocenters. The van der Waals surface area contributed by atoms with E-state index < -0.39 is 11.6 Å². The molecule has 0 spiro atoms. The highest BCUT2D eigenvalue weighted by molar-refractivity contribution is 9.10. The van der Waals surface area contributed by atoms with E-state index in [2.05, 4.69) is 21.2 Å². The Hall–Kier alpha value is -1.40. The lowest BCUT2D eigenvalue weighted by molar-refractivity contribution is -0.115. The monoisotopic (exact) mass is 385 g/mol. The molecule has 1 N–H and O–H groups in total. The number of hydrogen-bond acceptors (Lipinski definition) is 2. The standard InChI is InChI=1S/C16H14BrF2NOS/c1-10(22-9-11-4-2-3-5-13(11)17)16(21)20-12-6-7-14(18)15(19)8-12/h2-8,10H,9H2,1H3,(H,20,21). The summed E-state index contributed by atoms with van der Waals surface area (Å²) in [5.74, 6) is -1.49. The topological polar surface area (TPSA) is 29.1 Å². The molecule has 22 heavy (non-hydrogen) atoms. The first kappa shape index (κ1) is 17.0. The molecule has 0 aliphatic heterocycles. The number of hydrogen-bond donors (Lipinski definition) is 1. The maximum Gasteiger partial charge on any atom is 0.237 e. The molecular weight excluding hydrogens is 372 g/mol. The molecule has 0 aliphatic carbocycles. The van der Waals surface area contributed by atoms with E-state index in [4.69, 9.17) is 0 Å². The number of nitrogens with one attached hydrogen (secondary N) is 1. The zero-order chi connectivity index (χ0) is 16.1. The average molecular weight is 386 g/mol. The van der Waals surface area contributed by atoms with Gasteiger partial charge in [-0.3, -0.25) is 4.79 Å². The molecule has 2 rings (SSSR count). The van der Waals surface area contributed by atoms with Crippen LogP contribution in [0.4, 0.5) is 14.5 Å². The van der Waals surface area contributed by atoms with Crippen LogP contribution in [0, 0.1) is 11.6 Å². The van der Waals surface area contributed by atoms with Gasteiger partial charge < -0.3 is 5.32 Å². The quantitative estimate of drug-likeness (QED) is 0.785. The molecule has 0 radical (unpaired) electrons. The summed E-state index contributed by atoms with van der Waals surface area (Å²) in [5.41, 5.74) is 1.34. The summed E-state index contributed by atoms with van der Waals surface area (Å²) in [6.07, 6.45) is 0. The summed E-state index contributed by atoms with van der Waals surface area (Å²) in [5, 5.41) is 2.26. The van der Waals surface area contributed by atoms with E-state index in [1.54, 1.807) is 6.92 Å². The first-order chi connectivity index (χ1) is 10.5. The van der Waals surface area contributed by atoms with Gasteiger partial charge in [-0.15, -0.1) is 11.8 Å². The van der Waals surface area contributed by atoms with Crippen LogP contribution in [0.5, 0.6) is 0 Å². The van der Waals surface area contributed by atoms with Crippen LogP contribution in [0.2, 0.25) is 0 Å². The summed E-state index contributed by atoms with van der Waals surface area (Å²) in [4.78, 5) is 12.1. The molecular formula is C16H14BrF2NOS. The summed E-state index contributed by atoms with van der Waals surface area (Å²) in [7, 11) is 0. The molecule has 2 aromatic carbocycles. The van der Waals surface area contributed by atoms with Crippen molar-refractivity contribution in [1.82, 2.24) is 0 Å². The van der Waals surface area contributed by atoms with Gasteiger partial charge in [-0.1, -0.05) is 34.1 Å². The number of anilines is 1. The highest BCUT2D eigenvalue weighted by Crippen LogP contribution is 2.24.